The molecule has 2 heterocycles. The molecule has 8 aromatic carbocycles. The zero-order valence-corrected chi connectivity index (χ0v) is 31.2. The highest BCUT2D eigenvalue weighted by molar-refractivity contribution is 7.26. The van der Waals surface area contributed by atoms with Crippen molar-refractivity contribution in [2.45, 2.75) is 5.69 Å². The standard InChI is InChI=1S/C46H24B6N2O2S/c47-40-36(41(48)43(50)44(51)42(40)49)23-20-21-26-30(22-23)38(29-14-9-19-35-39(29)28-13-4-8-18-34(28)57-35)25-11-2-1-10-24(25)37(26)27-12-3-6-16-32(27)54-33-17-7-5-15-31(33)53-45(54)46(52,55)56/h1-22,55-56H. The molecule has 0 spiro atoms. The number of aromatic nitrogens is 2. The minimum Gasteiger partial charge on any atom is -0.368 e. The molecule has 254 valence electrons. The number of nitrogens with zero attached hydrogens (tertiary/aromatic N) is 2. The highest BCUT2D eigenvalue weighted by Crippen LogP contribution is 2.49. The largest absolute Gasteiger partial charge is 0.368 e. The quantitative estimate of drug-likeness (QED) is 0.150. The number of imidazole rings is 1. The second-order valence-electron chi connectivity index (χ2n) is 14.3. The van der Waals surface area contributed by atoms with Crippen LogP contribution in [0, 0.1) is 0 Å². The average molecular weight is 734 g/mol. The van der Waals surface area contributed by atoms with Crippen molar-refractivity contribution in [3.05, 3.63) is 139 Å². The Morgan fingerprint density at radius 1 is 0.509 bits per heavy atom. The second-order valence-corrected chi connectivity index (χ2v) is 15.4. The minimum atomic E-state index is -2.74. The summed E-state index contributed by atoms with van der Waals surface area (Å²) in [5.74, 6) is -0.121. The molecular formula is C46H24B6N2O2S. The highest BCUT2D eigenvalue weighted by Gasteiger charge is 2.29. The van der Waals surface area contributed by atoms with E-state index in [1.165, 1.54) is 14.8 Å². The molecule has 12 radical (unpaired) electrons. The van der Waals surface area contributed by atoms with E-state index in [0.29, 0.717) is 27.8 Å². The van der Waals surface area contributed by atoms with E-state index < -0.39 is 5.69 Å². The van der Waals surface area contributed by atoms with Gasteiger partial charge in [0.15, 0.2) is 19.4 Å². The molecule has 0 aliphatic carbocycles. The van der Waals surface area contributed by atoms with Crippen molar-refractivity contribution in [2.24, 2.45) is 0 Å². The van der Waals surface area contributed by atoms with E-state index in [1.54, 1.807) is 15.9 Å². The van der Waals surface area contributed by atoms with Gasteiger partial charge >= 0.3 is 0 Å². The van der Waals surface area contributed by atoms with Gasteiger partial charge in [-0.05, 0) is 85.8 Å². The fourth-order valence-corrected chi connectivity index (χ4v) is 9.59. The number of rotatable bonds is 5. The van der Waals surface area contributed by atoms with Crippen molar-refractivity contribution in [2.75, 3.05) is 0 Å². The lowest BCUT2D eigenvalue weighted by Crippen LogP contribution is -2.55. The van der Waals surface area contributed by atoms with Crippen LogP contribution in [0.25, 0.3) is 91.8 Å². The highest BCUT2D eigenvalue weighted by atomic mass is 32.1. The number of thiophene rings is 1. The zero-order chi connectivity index (χ0) is 39.3. The fourth-order valence-electron chi connectivity index (χ4n) is 8.45. The Bertz CT molecular complexity index is 3280. The summed E-state index contributed by atoms with van der Waals surface area (Å²) in [6.07, 6.45) is 0. The molecule has 0 aliphatic rings. The lowest BCUT2D eigenvalue weighted by molar-refractivity contribution is -0.0985. The van der Waals surface area contributed by atoms with Gasteiger partial charge in [0.25, 0.3) is 0 Å². The van der Waals surface area contributed by atoms with Crippen molar-refractivity contribution in [1.82, 2.24) is 9.55 Å². The topological polar surface area (TPSA) is 58.3 Å². The smallest absolute Gasteiger partial charge is 0.171 e. The van der Waals surface area contributed by atoms with Crippen molar-refractivity contribution >= 4 is 138 Å². The summed E-state index contributed by atoms with van der Waals surface area (Å²) in [5.41, 5.74) is 5.14. The molecule has 0 saturated carbocycles. The Hall–Kier alpha value is -5.72. The molecule has 0 atom stereocenters. The minimum absolute atomic E-state index is 0.121. The summed E-state index contributed by atoms with van der Waals surface area (Å²) in [5, 5.41) is 27.9. The van der Waals surface area contributed by atoms with E-state index in [0.717, 1.165) is 49.2 Å². The van der Waals surface area contributed by atoms with Gasteiger partial charge in [-0.1, -0.05) is 108 Å². The van der Waals surface area contributed by atoms with Gasteiger partial charge < -0.3 is 10.2 Å². The maximum absolute atomic E-state index is 10.9. The third-order valence-corrected chi connectivity index (χ3v) is 12.1. The van der Waals surface area contributed by atoms with E-state index in [-0.39, 0.29) is 33.1 Å². The molecule has 11 heteroatoms. The summed E-state index contributed by atoms with van der Waals surface area (Å²) in [4.78, 5) is 4.59. The summed E-state index contributed by atoms with van der Waals surface area (Å²) in [7, 11) is 38.4. The predicted molar refractivity (Wildman–Crippen MR) is 244 cm³/mol. The first-order valence-electron chi connectivity index (χ1n) is 18.2. The average Bonchev–Trinajstić information content (AvgIpc) is 3.81. The molecule has 0 bridgehead atoms. The number of aliphatic hydroxyl groups is 2. The summed E-state index contributed by atoms with van der Waals surface area (Å²) in [6, 6.07) is 44.6. The van der Waals surface area contributed by atoms with E-state index in [4.69, 9.17) is 47.1 Å². The number of hydrogen-bond donors (Lipinski definition) is 2. The van der Waals surface area contributed by atoms with Gasteiger partial charge in [0, 0.05) is 25.7 Å². The van der Waals surface area contributed by atoms with Crippen molar-refractivity contribution in [1.29, 1.82) is 0 Å². The van der Waals surface area contributed by atoms with Gasteiger partial charge in [0.2, 0.25) is 0 Å². The second kappa shape index (κ2) is 13.2. The molecule has 0 amide bonds. The van der Waals surface area contributed by atoms with Crippen LogP contribution in [-0.2, 0) is 5.69 Å². The SMILES string of the molecule is [B]c1c([B])c([B])c(-c2ccc3c(-c4ccccc4-n4c(C([B])(O)O)nc5ccccc54)c4ccccc4c(-c4cccc5sc6ccccc6c45)c3c2)c([B])c1[B]. The fraction of sp³-hybridized carbons (Fsp3) is 0.0217. The number of benzene rings is 8. The van der Waals surface area contributed by atoms with Crippen LogP contribution in [-0.4, -0.2) is 66.8 Å². The molecule has 4 nitrogen and oxygen atoms in total. The lowest BCUT2D eigenvalue weighted by atomic mass is 9.59. The van der Waals surface area contributed by atoms with Gasteiger partial charge in [-0.2, -0.15) is 0 Å². The maximum Gasteiger partial charge on any atom is 0.171 e. The van der Waals surface area contributed by atoms with E-state index in [9.17, 15) is 10.2 Å². The van der Waals surface area contributed by atoms with Crippen LogP contribution in [0.2, 0.25) is 0 Å². The Labute approximate surface area is 340 Å². The van der Waals surface area contributed by atoms with Crippen LogP contribution in [0.4, 0.5) is 0 Å². The summed E-state index contributed by atoms with van der Waals surface area (Å²) in [6.45, 7) is 0. The predicted octanol–water partition coefficient (Wildman–Crippen LogP) is 4.93. The van der Waals surface area contributed by atoms with Gasteiger partial charge in [0.05, 0.1) is 16.7 Å². The Balaban J connectivity index is 1.39. The molecule has 57 heavy (non-hydrogen) atoms. The first kappa shape index (κ1) is 35.7. The summed E-state index contributed by atoms with van der Waals surface area (Å²) >= 11 is 1.76. The van der Waals surface area contributed by atoms with Gasteiger partial charge in [0.1, 0.15) is 39.2 Å². The van der Waals surface area contributed by atoms with E-state index in [1.807, 2.05) is 66.7 Å². The van der Waals surface area contributed by atoms with Gasteiger partial charge in [-0.3, -0.25) is 4.57 Å². The molecule has 0 saturated heterocycles. The first-order chi connectivity index (χ1) is 27.5. The zero-order valence-electron chi connectivity index (χ0n) is 30.4. The van der Waals surface area contributed by atoms with Crippen LogP contribution in [0.15, 0.2) is 133 Å². The molecule has 0 aliphatic heterocycles. The number of fused-ring (bicyclic) bond motifs is 6. The maximum atomic E-state index is 10.9. The molecule has 2 N–H and O–H groups in total. The number of para-hydroxylation sites is 3. The third kappa shape index (κ3) is 5.40. The molecule has 10 rings (SSSR count). The molecule has 10 aromatic rings. The molecule has 0 fully saturated rings. The molecular weight excluding hydrogens is 709 g/mol. The normalized spacial score (nSPS) is 12.1. The number of hydrogen-bond acceptors (Lipinski definition) is 4. The van der Waals surface area contributed by atoms with Crippen LogP contribution in [0.1, 0.15) is 5.82 Å². The van der Waals surface area contributed by atoms with E-state index in [2.05, 4.69) is 71.7 Å². The van der Waals surface area contributed by atoms with Crippen LogP contribution < -0.4 is 27.3 Å². The first-order valence-corrected chi connectivity index (χ1v) is 19.1. The van der Waals surface area contributed by atoms with Crippen molar-refractivity contribution in [3.8, 4) is 39.1 Å². The van der Waals surface area contributed by atoms with Gasteiger partial charge in [-0.15, -0.1) is 27.7 Å². The summed E-state index contributed by atoms with van der Waals surface area (Å²) < 4.78 is 4.08. The third-order valence-electron chi connectivity index (χ3n) is 11.0. The van der Waals surface area contributed by atoms with Crippen LogP contribution in [0.3, 0.4) is 0 Å². The van der Waals surface area contributed by atoms with E-state index >= 15 is 0 Å². The Morgan fingerprint density at radius 3 is 1.81 bits per heavy atom. The monoisotopic (exact) mass is 734 g/mol. The molecule has 0 unspecified atom stereocenters. The Morgan fingerprint density at radius 2 is 1.07 bits per heavy atom. The Kier molecular flexibility index (Phi) is 8.24. The van der Waals surface area contributed by atoms with Crippen molar-refractivity contribution in [3.63, 3.8) is 0 Å². The van der Waals surface area contributed by atoms with Crippen LogP contribution in [0.5, 0.6) is 0 Å². The van der Waals surface area contributed by atoms with Crippen molar-refractivity contribution < 1.29 is 10.2 Å². The molecule has 2 aromatic heterocycles. The van der Waals surface area contributed by atoms with Gasteiger partial charge in [-0.25, -0.2) is 4.98 Å². The van der Waals surface area contributed by atoms with Crippen LogP contribution >= 0.6 is 11.3 Å². The lowest BCUT2D eigenvalue weighted by Gasteiger charge is -2.24.